The fourth-order valence-corrected chi connectivity index (χ4v) is 5.89. The Morgan fingerprint density at radius 2 is 1.03 bits per heavy atom. The highest BCUT2D eigenvalue weighted by atomic mass is 16.2. The number of piperidine rings is 1. The summed E-state index contributed by atoms with van der Waals surface area (Å²) in [5, 5.41) is 0. The summed E-state index contributed by atoms with van der Waals surface area (Å²) in [5.41, 5.74) is 5.14. The Bertz CT molecular complexity index is 1210. The highest BCUT2D eigenvalue weighted by Gasteiger charge is 2.39. The molecule has 2 heteroatoms. The maximum absolute atomic E-state index is 13.8. The molecular formula is C34H35NO. The molecule has 0 saturated carbocycles. The van der Waals surface area contributed by atoms with Crippen molar-refractivity contribution in [3.8, 4) is 0 Å². The zero-order chi connectivity index (χ0) is 24.6. The molecule has 0 spiro atoms. The third-order valence-electron chi connectivity index (χ3n) is 7.70. The molecule has 4 aromatic rings. The summed E-state index contributed by atoms with van der Waals surface area (Å²) in [6.45, 7) is 0.825. The van der Waals surface area contributed by atoms with Crippen LogP contribution in [0.4, 0.5) is 0 Å². The lowest BCUT2D eigenvalue weighted by molar-refractivity contribution is -0.137. The molecule has 1 aliphatic heterocycles. The number of likely N-dealkylation sites (tertiary alicyclic amines) is 1. The van der Waals surface area contributed by atoms with Crippen LogP contribution in [0.15, 0.2) is 121 Å². The van der Waals surface area contributed by atoms with Crippen molar-refractivity contribution >= 4 is 5.91 Å². The minimum atomic E-state index is 0.172. The average Bonchev–Trinajstić information content (AvgIpc) is 2.93. The normalized spacial score (nSPS) is 19.7. The van der Waals surface area contributed by atoms with Gasteiger partial charge in [-0.2, -0.15) is 0 Å². The second-order valence-corrected chi connectivity index (χ2v) is 10.1. The average molecular weight is 474 g/mol. The van der Waals surface area contributed by atoms with Gasteiger partial charge in [0.25, 0.3) is 0 Å². The first kappa shape index (κ1) is 24.1. The summed E-state index contributed by atoms with van der Waals surface area (Å²) in [6, 6.07) is 42.8. The molecule has 0 N–H and O–H groups in total. The molecule has 4 aromatic carbocycles. The van der Waals surface area contributed by atoms with Crippen molar-refractivity contribution in [2.75, 3.05) is 6.54 Å². The van der Waals surface area contributed by atoms with Gasteiger partial charge in [-0.1, -0.05) is 121 Å². The van der Waals surface area contributed by atoms with Crippen LogP contribution in [-0.2, 0) is 30.5 Å². The Hall–Kier alpha value is -3.65. The van der Waals surface area contributed by atoms with Crippen LogP contribution >= 0.6 is 0 Å². The molecule has 182 valence electrons. The lowest BCUT2D eigenvalue weighted by Crippen LogP contribution is -2.54. The first-order valence-corrected chi connectivity index (χ1v) is 13.2. The second-order valence-electron chi connectivity index (χ2n) is 10.1. The van der Waals surface area contributed by atoms with Crippen molar-refractivity contribution in [2.45, 2.75) is 38.1 Å². The van der Waals surface area contributed by atoms with Gasteiger partial charge in [-0.15, -0.1) is 0 Å². The number of carbonyl (C=O) groups is 1. The monoisotopic (exact) mass is 473 g/mol. The Labute approximate surface area is 215 Å². The number of hydrogen-bond donors (Lipinski definition) is 0. The zero-order valence-corrected chi connectivity index (χ0v) is 20.9. The Morgan fingerprint density at radius 1 is 0.583 bits per heavy atom. The number of rotatable bonds is 8. The van der Waals surface area contributed by atoms with Crippen molar-refractivity contribution < 1.29 is 4.79 Å². The van der Waals surface area contributed by atoms with E-state index in [2.05, 4.69) is 108 Å². The molecule has 1 fully saturated rings. The largest absolute Gasteiger partial charge is 0.339 e. The van der Waals surface area contributed by atoms with Gasteiger partial charge in [0.2, 0.25) is 5.91 Å². The number of nitrogens with zero attached hydrogens (tertiary/aromatic N) is 1. The zero-order valence-electron chi connectivity index (χ0n) is 20.9. The van der Waals surface area contributed by atoms with E-state index < -0.39 is 0 Å². The van der Waals surface area contributed by atoms with Gasteiger partial charge in [0.05, 0.1) is 6.42 Å². The Morgan fingerprint density at radius 3 is 1.56 bits per heavy atom. The Kier molecular flexibility index (Phi) is 7.93. The molecule has 1 saturated heterocycles. The van der Waals surface area contributed by atoms with Gasteiger partial charge in [-0.25, -0.2) is 0 Å². The van der Waals surface area contributed by atoms with E-state index in [9.17, 15) is 4.79 Å². The third kappa shape index (κ3) is 6.12. The molecule has 0 bridgehead atoms. The van der Waals surface area contributed by atoms with Crippen LogP contribution in [0, 0.1) is 11.8 Å². The summed E-state index contributed by atoms with van der Waals surface area (Å²) in [5.74, 6) is 1.17. The molecule has 1 heterocycles. The summed E-state index contributed by atoms with van der Waals surface area (Å²) in [6.07, 6.45) is 4.45. The maximum Gasteiger partial charge on any atom is 0.227 e. The third-order valence-corrected chi connectivity index (χ3v) is 7.70. The van der Waals surface area contributed by atoms with Crippen LogP contribution in [0.1, 0.15) is 28.7 Å². The Balaban J connectivity index is 1.47. The number of amides is 1. The van der Waals surface area contributed by atoms with E-state index in [1.165, 1.54) is 16.7 Å². The molecule has 3 atom stereocenters. The van der Waals surface area contributed by atoms with Gasteiger partial charge in [0.15, 0.2) is 0 Å². The van der Waals surface area contributed by atoms with E-state index in [0.29, 0.717) is 18.3 Å². The van der Waals surface area contributed by atoms with E-state index in [4.69, 9.17) is 0 Å². The fourth-order valence-electron chi connectivity index (χ4n) is 5.89. The minimum Gasteiger partial charge on any atom is -0.339 e. The smallest absolute Gasteiger partial charge is 0.227 e. The van der Waals surface area contributed by atoms with Gasteiger partial charge >= 0.3 is 0 Å². The predicted molar refractivity (Wildman–Crippen MR) is 148 cm³/mol. The topological polar surface area (TPSA) is 20.3 Å². The van der Waals surface area contributed by atoms with Crippen molar-refractivity contribution in [3.05, 3.63) is 144 Å². The van der Waals surface area contributed by atoms with Crippen LogP contribution in [0.2, 0.25) is 0 Å². The van der Waals surface area contributed by atoms with Crippen LogP contribution in [0.5, 0.6) is 0 Å². The minimum absolute atomic E-state index is 0.172. The van der Waals surface area contributed by atoms with Crippen molar-refractivity contribution in [1.29, 1.82) is 0 Å². The van der Waals surface area contributed by atoms with Gasteiger partial charge in [-0.05, 0) is 59.8 Å². The SMILES string of the molecule is O=C(Cc1ccccc1)N1CCC(Cc2ccccc2)[C@@H](Cc2ccccc2)[C@@H]1Cc1ccccc1. The summed E-state index contributed by atoms with van der Waals surface area (Å²) in [7, 11) is 0. The van der Waals surface area contributed by atoms with Gasteiger partial charge in [0.1, 0.15) is 0 Å². The van der Waals surface area contributed by atoms with E-state index in [-0.39, 0.29) is 11.9 Å². The van der Waals surface area contributed by atoms with Gasteiger partial charge < -0.3 is 4.90 Å². The number of benzene rings is 4. The molecule has 1 amide bonds. The van der Waals surface area contributed by atoms with Crippen molar-refractivity contribution in [1.82, 2.24) is 4.90 Å². The van der Waals surface area contributed by atoms with E-state index >= 15 is 0 Å². The molecule has 1 unspecified atom stereocenters. The number of hydrogen-bond acceptors (Lipinski definition) is 1. The van der Waals surface area contributed by atoms with Crippen molar-refractivity contribution in [2.24, 2.45) is 11.8 Å². The van der Waals surface area contributed by atoms with Crippen LogP contribution in [-0.4, -0.2) is 23.4 Å². The van der Waals surface area contributed by atoms with E-state index in [1.54, 1.807) is 0 Å². The molecular weight excluding hydrogens is 438 g/mol. The van der Waals surface area contributed by atoms with Crippen molar-refractivity contribution in [3.63, 3.8) is 0 Å². The van der Waals surface area contributed by atoms with Crippen LogP contribution in [0.3, 0.4) is 0 Å². The molecule has 0 radical (unpaired) electrons. The molecule has 0 aromatic heterocycles. The lowest BCUT2D eigenvalue weighted by Gasteiger charge is -2.46. The number of carbonyl (C=O) groups excluding carboxylic acids is 1. The molecule has 36 heavy (non-hydrogen) atoms. The van der Waals surface area contributed by atoms with Gasteiger partial charge in [0, 0.05) is 12.6 Å². The summed E-state index contributed by atoms with van der Waals surface area (Å²) in [4.78, 5) is 16.0. The van der Waals surface area contributed by atoms with E-state index in [1.807, 2.05) is 18.2 Å². The highest BCUT2D eigenvalue weighted by molar-refractivity contribution is 5.79. The van der Waals surface area contributed by atoms with E-state index in [0.717, 1.165) is 37.8 Å². The van der Waals surface area contributed by atoms with Gasteiger partial charge in [-0.3, -0.25) is 4.79 Å². The molecule has 1 aliphatic rings. The molecule has 0 aliphatic carbocycles. The second kappa shape index (κ2) is 11.9. The fraction of sp³-hybridized carbons (Fsp3) is 0.265. The molecule has 2 nitrogen and oxygen atoms in total. The first-order chi connectivity index (χ1) is 17.8. The standard InChI is InChI=1S/C34H35NO/c36-34(26-30-19-11-4-12-20-30)35-22-21-31(23-27-13-5-1-6-14-27)32(24-28-15-7-2-8-16-28)33(35)25-29-17-9-3-10-18-29/h1-20,31-33H,21-26H2/t31?,32-,33+/m1/s1. The quantitative estimate of drug-likeness (QED) is 0.276. The predicted octanol–water partition coefficient (Wildman–Crippen LogP) is 6.79. The molecule has 5 rings (SSSR count). The lowest BCUT2D eigenvalue weighted by atomic mass is 9.72. The van der Waals surface area contributed by atoms with Crippen LogP contribution in [0.25, 0.3) is 0 Å². The maximum atomic E-state index is 13.8. The summed E-state index contributed by atoms with van der Waals surface area (Å²) >= 11 is 0. The first-order valence-electron chi connectivity index (χ1n) is 13.2. The highest BCUT2D eigenvalue weighted by Crippen LogP contribution is 2.36. The summed E-state index contributed by atoms with van der Waals surface area (Å²) < 4.78 is 0. The van der Waals surface area contributed by atoms with Crippen LogP contribution < -0.4 is 0 Å².